The van der Waals surface area contributed by atoms with E-state index in [1.165, 1.54) is 23.9 Å². The summed E-state index contributed by atoms with van der Waals surface area (Å²) < 4.78 is 23.1. The smallest absolute Gasteiger partial charge is 0.307 e. The average molecular weight is 377 g/mol. The number of thioether (sulfide) groups is 1. The third-order valence-electron chi connectivity index (χ3n) is 3.19. The minimum atomic E-state index is -0.449. The van der Waals surface area contributed by atoms with E-state index in [1.807, 2.05) is 30.3 Å². The lowest BCUT2D eigenvalue weighted by molar-refractivity contribution is -0.148. The molecule has 2 aromatic rings. The summed E-state index contributed by atoms with van der Waals surface area (Å²) in [5.41, 5.74) is 0. The Morgan fingerprint density at radius 2 is 1.77 bits per heavy atom. The van der Waals surface area contributed by atoms with E-state index in [4.69, 9.17) is 9.47 Å². The molecule has 2 rings (SSSR count). The Morgan fingerprint density at radius 3 is 2.50 bits per heavy atom. The van der Waals surface area contributed by atoms with Gasteiger partial charge in [0.15, 0.2) is 6.61 Å². The van der Waals surface area contributed by atoms with Crippen molar-refractivity contribution in [2.45, 2.75) is 11.3 Å². The minimum Gasteiger partial charge on any atom is -0.492 e. The van der Waals surface area contributed by atoms with E-state index in [9.17, 15) is 14.0 Å². The number of carbonyl (C=O) groups is 2. The Bertz CT molecular complexity index is 694. The van der Waals surface area contributed by atoms with Crippen molar-refractivity contribution in [3.8, 4) is 5.75 Å². The molecule has 138 valence electrons. The van der Waals surface area contributed by atoms with Crippen molar-refractivity contribution in [1.29, 1.82) is 0 Å². The van der Waals surface area contributed by atoms with Gasteiger partial charge in [0.2, 0.25) is 0 Å². The Kier molecular flexibility index (Phi) is 8.48. The number of halogens is 1. The lowest BCUT2D eigenvalue weighted by Crippen LogP contribution is -2.32. The number of rotatable bonds is 10. The molecule has 0 saturated carbocycles. The number of hydrogen-bond donors (Lipinski definition) is 1. The van der Waals surface area contributed by atoms with Crippen LogP contribution in [0.3, 0.4) is 0 Å². The molecule has 5 nitrogen and oxygen atoms in total. The molecule has 2 aromatic carbocycles. The number of benzene rings is 2. The number of para-hydroxylation sites is 1. The van der Waals surface area contributed by atoms with Gasteiger partial charge in [0, 0.05) is 10.6 Å². The maximum absolute atomic E-state index is 12.8. The molecular weight excluding hydrogens is 357 g/mol. The van der Waals surface area contributed by atoms with E-state index in [2.05, 4.69) is 5.32 Å². The summed E-state index contributed by atoms with van der Waals surface area (Å²) in [6, 6.07) is 15.3. The fraction of sp³-hybridized carbons (Fsp3) is 0.263. The molecule has 1 amide bonds. The number of hydrogen-bond acceptors (Lipinski definition) is 5. The topological polar surface area (TPSA) is 64.6 Å². The first-order chi connectivity index (χ1) is 12.6. The third-order valence-corrected chi connectivity index (χ3v) is 4.20. The van der Waals surface area contributed by atoms with Crippen LogP contribution in [0.1, 0.15) is 6.42 Å². The highest BCUT2D eigenvalue weighted by atomic mass is 32.2. The van der Waals surface area contributed by atoms with Gasteiger partial charge in [0.05, 0.1) is 13.0 Å². The fourth-order valence-electron chi connectivity index (χ4n) is 1.93. The Hall–Kier alpha value is -2.54. The van der Waals surface area contributed by atoms with E-state index in [-0.39, 0.29) is 24.8 Å². The number of esters is 1. The molecule has 0 aromatic heterocycles. The van der Waals surface area contributed by atoms with Gasteiger partial charge in [0.1, 0.15) is 18.2 Å². The van der Waals surface area contributed by atoms with Gasteiger partial charge in [-0.3, -0.25) is 9.59 Å². The second-order valence-electron chi connectivity index (χ2n) is 5.22. The van der Waals surface area contributed by atoms with E-state index >= 15 is 0 Å². The maximum Gasteiger partial charge on any atom is 0.307 e. The third kappa shape index (κ3) is 8.02. The molecule has 0 spiro atoms. The summed E-state index contributed by atoms with van der Waals surface area (Å²) in [4.78, 5) is 24.1. The molecule has 0 aliphatic carbocycles. The van der Waals surface area contributed by atoms with Crippen molar-refractivity contribution in [3.63, 3.8) is 0 Å². The normalized spacial score (nSPS) is 10.2. The SMILES string of the molecule is O=C(COC(=O)CCSc1ccc(F)cc1)NCCOc1ccccc1. The molecule has 7 heteroatoms. The van der Waals surface area contributed by atoms with Crippen LogP contribution in [0.4, 0.5) is 4.39 Å². The molecule has 26 heavy (non-hydrogen) atoms. The highest BCUT2D eigenvalue weighted by molar-refractivity contribution is 7.99. The molecule has 0 unspecified atom stereocenters. The number of ether oxygens (including phenoxy) is 2. The maximum atomic E-state index is 12.8. The number of amides is 1. The summed E-state index contributed by atoms with van der Waals surface area (Å²) in [5.74, 6) is 0.106. The molecule has 0 radical (unpaired) electrons. The van der Waals surface area contributed by atoms with E-state index < -0.39 is 5.97 Å². The zero-order valence-corrected chi connectivity index (χ0v) is 15.0. The first-order valence-corrected chi connectivity index (χ1v) is 9.10. The van der Waals surface area contributed by atoms with Crippen LogP contribution >= 0.6 is 11.8 Å². The molecule has 0 aliphatic heterocycles. The summed E-state index contributed by atoms with van der Waals surface area (Å²) in [6.45, 7) is 0.342. The van der Waals surface area contributed by atoms with Crippen molar-refractivity contribution >= 4 is 23.6 Å². The summed E-state index contributed by atoms with van der Waals surface area (Å²) in [5, 5.41) is 2.61. The summed E-state index contributed by atoms with van der Waals surface area (Å²) in [6.07, 6.45) is 0.173. The Labute approximate surface area is 155 Å². The highest BCUT2D eigenvalue weighted by Crippen LogP contribution is 2.18. The Balaban J connectivity index is 1.51. The van der Waals surface area contributed by atoms with Crippen LogP contribution < -0.4 is 10.1 Å². The van der Waals surface area contributed by atoms with Crippen molar-refractivity contribution in [3.05, 3.63) is 60.4 Å². The van der Waals surface area contributed by atoms with E-state index in [0.29, 0.717) is 18.9 Å². The molecule has 0 aliphatic rings. The van der Waals surface area contributed by atoms with Gasteiger partial charge >= 0.3 is 5.97 Å². The molecule has 0 fully saturated rings. The fourth-order valence-corrected chi connectivity index (χ4v) is 2.76. The van der Waals surface area contributed by atoms with Crippen LogP contribution in [0.25, 0.3) is 0 Å². The van der Waals surface area contributed by atoms with Crippen molar-refractivity contribution in [2.75, 3.05) is 25.5 Å². The first-order valence-electron chi connectivity index (χ1n) is 8.12. The molecule has 0 atom stereocenters. The number of carbonyl (C=O) groups excluding carboxylic acids is 2. The highest BCUT2D eigenvalue weighted by Gasteiger charge is 2.07. The van der Waals surface area contributed by atoms with Gasteiger partial charge < -0.3 is 14.8 Å². The zero-order valence-electron chi connectivity index (χ0n) is 14.2. The minimum absolute atomic E-state index is 0.173. The standard InChI is InChI=1S/C19H20FNO4S/c20-15-6-8-17(9-7-15)26-13-10-19(23)25-14-18(22)21-11-12-24-16-4-2-1-3-5-16/h1-9H,10-14H2,(H,21,22). The van der Waals surface area contributed by atoms with Crippen molar-refractivity contribution in [2.24, 2.45) is 0 Å². The monoisotopic (exact) mass is 377 g/mol. The van der Waals surface area contributed by atoms with Gasteiger partial charge in [-0.15, -0.1) is 11.8 Å². The second kappa shape index (κ2) is 11.1. The largest absolute Gasteiger partial charge is 0.492 e. The second-order valence-corrected chi connectivity index (χ2v) is 6.39. The first kappa shape index (κ1) is 19.8. The average Bonchev–Trinajstić information content (AvgIpc) is 2.66. The van der Waals surface area contributed by atoms with Gasteiger partial charge in [0.25, 0.3) is 5.91 Å². The summed E-state index contributed by atoms with van der Waals surface area (Å²) in [7, 11) is 0. The van der Waals surface area contributed by atoms with Crippen molar-refractivity contribution < 1.29 is 23.5 Å². The molecule has 0 heterocycles. The predicted molar refractivity (Wildman–Crippen MR) is 97.6 cm³/mol. The quantitative estimate of drug-likeness (QED) is 0.392. The van der Waals surface area contributed by atoms with Gasteiger partial charge in [-0.1, -0.05) is 18.2 Å². The Morgan fingerprint density at radius 1 is 1.04 bits per heavy atom. The number of nitrogens with one attached hydrogen (secondary N) is 1. The van der Waals surface area contributed by atoms with Crippen molar-refractivity contribution in [1.82, 2.24) is 5.32 Å². The van der Waals surface area contributed by atoms with Crippen LogP contribution in [0, 0.1) is 5.82 Å². The van der Waals surface area contributed by atoms with Gasteiger partial charge in [-0.2, -0.15) is 0 Å². The van der Waals surface area contributed by atoms with Crippen LogP contribution in [0.2, 0.25) is 0 Å². The zero-order chi connectivity index (χ0) is 18.6. The molecule has 0 bridgehead atoms. The predicted octanol–water partition coefficient (Wildman–Crippen LogP) is 3.05. The van der Waals surface area contributed by atoms with E-state index in [1.54, 1.807) is 12.1 Å². The van der Waals surface area contributed by atoms with Crippen LogP contribution in [0.5, 0.6) is 5.75 Å². The molecule has 0 saturated heterocycles. The van der Waals surface area contributed by atoms with Gasteiger partial charge in [-0.05, 0) is 36.4 Å². The van der Waals surface area contributed by atoms with Crippen LogP contribution in [0.15, 0.2) is 59.5 Å². The summed E-state index contributed by atoms with van der Waals surface area (Å²) >= 11 is 1.42. The molecule has 1 N–H and O–H groups in total. The van der Waals surface area contributed by atoms with Crippen LogP contribution in [-0.4, -0.2) is 37.4 Å². The molecular formula is C19H20FNO4S. The lowest BCUT2D eigenvalue weighted by atomic mass is 10.3. The van der Waals surface area contributed by atoms with Crippen LogP contribution in [-0.2, 0) is 14.3 Å². The lowest BCUT2D eigenvalue weighted by Gasteiger charge is -2.08. The van der Waals surface area contributed by atoms with E-state index in [0.717, 1.165) is 10.6 Å². The van der Waals surface area contributed by atoms with Gasteiger partial charge in [-0.25, -0.2) is 4.39 Å².